The summed E-state index contributed by atoms with van der Waals surface area (Å²) < 4.78 is 16.8. The Balaban J connectivity index is 1.54. The van der Waals surface area contributed by atoms with Gasteiger partial charge >= 0.3 is 0 Å². The lowest BCUT2D eigenvalue weighted by molar-refractivity contribution is -0.129. The van der Waals surface area contributed by atoms with Crippen LogP contribution in [0.1, 0.15) is 67.2 Å². The summed E-state index contributed by atoms with van der Waals surface area (Å²) in [6, 6.07) is 6.28. The Kier molecular flexibility index (Phi) is 7.36. The summed E-state index contributed by atoms with van der Waals surface area (Å²) in [5, 5.41) is 7.24. The maximum atomic E-state index is 15.1. The standard InChI is InChI=1S/C29H29ClFN5O3/c1-16-5-4-6-24(22-13-19(9-11-32-22)28-23(34-29(16)39)15-33-35(28)3)36-12-10-18(14-25(36)38)26-20(17(2)37)7-8-21(30)27(26)31/h7-9,11,13-16,24H,4-6,10,12H2,1-3H3,(H,34,39)/t16-,24?/m1/s1. The number of rotatable bonds is 3. The molecule has 3 aromatic rings. The molecule has 2 aliphatic rings. The number of nitrogens with zero attached hydrogens (tertiary/aromatic N) is 4. The zero-order valence-electron chi connectivity index (χ0n) is 22.0. The average Bonchev–Trinajstić information content (AvgIpc) is 3.27. The fourth-order valence-corrected chi connectivity index (χ4v) is 5.59. The Morgan fingerprint density at radius 3 is 2.74 bits per heavy atom. The van der Waals surface area contributed by atoms with Crippen LogP contribution in [-0.4, -0.2) is 43.8 Å². The summed E-state index contributed by atoms with van der Waals surface area (Å²) in [7, 11) is 1.81. The van der Waals surface area contributed by atoms with E-state index in [1.165, 1.54) is 25.1 Å². The molecule has 0 saturated heterocycles. The minimum absolute atomic E-state index is 0.0814. The Labute approximate surface area is 230 Å². The van der Waals surface area contributed by atoms with Crippen LogP contribution in [0.2, 0.25) is 5.02 Å². The predicted molar refractivity (Wildman–Crippen MR) is 147 cm³/mol. The molecule has 4 heterocycles. The minimum atomic E-state index is -0.698. The van der Waals surface area contributed by atoms with Gasteiger partial charge in [0.15, 0.2) is 5.78 Å². The van der Waals surface area contributed by atoms with Crippen LogP contribution < -0.4 is 5.32 Å². The van der Waals surface area contributed by atoms with Gasteiger partial charge in [0, 0.05) is 48.5 Å². The van der Waals surface area contributed by atoms with Crippen molar-refractivity contribution < 1.29 is 18.8 Å². The largest absolute Gasteiger partial charge is 0.330 e. The van der Waals surface area contributed by atoms with E-state index in [1.807, 2.05) is 26.1 Å². The van der Waals surface area contributed by atoms with Gasteiger partial charge in [0.25, 0.3) is 0 Å². The summed E-state index contributed by atoms with van der Waals surface area (Å²) in [5.41, 5.74) is 3.65. The van der Waals surface area contributed by atoms with E-state index < -0.39 is 5.82 Å². The number of anilines is 1. The molecule has 5 rings (SSSR count). The number of hydrogen-bond donors (Lipinski definition) is 1. The number of aromatic nitrogens is 3. The van der Waals surface area contributed by atoms with Crippen LogP contribution in [0.3, 0.4) is 0 Å². The molecule has 2 aliphatic heterocycles. The third-order valence-corrected chi connectivity index (χ3v) is 7.82. The molecule has 2 amide bonds. The molecule has 0 radical (unpaired) electrons. The zero-order valence-corrected chi connectivity index (χ0v) is 22.8. The maximum Gasteiger partial charge on any atom is 0.247 e. The highest BCUT2D eigenvalue weighted by atomic mass is 35.5. The van der Waals surface area contributed by atoms with Crippen LogP contribution in [0.4, 0.5) is 10.1 Å². The van der Waals surface area contributed by atoms with Gasteiger partial charge in [-0.2, -0.15) is 5.10 Å². The van der Waals surface area contributed by atoms with E-state index in [4.69, 9.17) is 11.6 Å². The van der Waals surface area contributed by atoms with Gasteiger partial charge < -0.3 is 10.2 Å². The number of carbonyl (C=O) groups excluding carboxylic acids is 3. The number of hydrogen-bond acceptors (Lipinski definition) is 5. The van der Waals surface area contributed by atoms with Crippen molar-refractivity contribution in [1.29, 1.82) is 0 Å². The third-order valence-electron chi connectivity index (χ3n) is 7.53. The Bertz CT molecular complexity index is 1510. The molecule has 0 aliphatic carbocycles. The van der Waals surface area contributed by atoms with Gasteiger partial charge in [0.1, 0.15) is 5.82 Å². The minimum Gasteiger partial charge on any atom is -0.330 e. The molecular weight excluding hydrogens is 521 g/mol. The molecule has 2 atom stereocenters. The second-order valence-corrected chi connectivity index (χ2v) is 10.5. The van der Waals surface area contributed by atoms with Crippen LogP contribution >= 0.6 is 11.6 Å². The second-order valence-electron chi connectivity index (χ2n) is 10.1. The molecule has 1 aromatic carbocycles. The predicted octanol–water partition coefficient (Wildman–Crippen LogP) is 5.59. The van der Waals surface area contributed by atoms with Crippen molar-refractivity contribution in [2.24, 2.45) is 13.0 Å². The van der Waals surface area contributed by atoms with Crippen molar-refractivity contribution in [2.45, 2.75) is 45.6 Å². The van der Waals surface area contributed by atoms with Gasteiger partial charge in [-0.15, -0.1) is 0 Å². The lowest BCUT2D eigenvalue weighted by atomic mass is 9.90. The topological polar surface area (TPSA) is 97.2 Å². The van der Waals surface area contributed by atoms with Gasteiger partial charge in [0.05, 0.1) is 34.3 Å². The number of carbonyl (C=O) groups is 3. The van der Waals surface area contributed by atoms with Gasteiger partial charge in [-0.1, -0.05) is 24.9 Å². The first kappa shape index (κ1) is 26.7. The molecule has 10 heteroatoms. The van der Waals surface area contributed by atoms with E-state index in [2.05, 4.69) is 15.4 Å². The summed E-state index contributed by atoms with van der Waals surface area (Å²) in [4.78, 5) is 45.0. The first-order chi connectivity index (χ1) is 18.7. The SMILES string of the molecule is CC(=O)c1ccc(Cl)c(F)c1C1=CC(=O)N(C2CCC[C@@H](C)C(=O)Nc3cnn(C)c3-c3ccnc2c3)CC1. The fourth-order valence-electron chi connectivity index (χ4n) is 5.44. The summed E-state index contributed by atoms with van der Waals surface area (Å²) in [6.07, 6.45) is 7.02. The molecule has 202 valence electrons. The van der Waals surface area contributed by atoms with Gasteiger partial charge in [0.2, 0.25) is 11.8 Å². The zero-order chi connectivity index (χ0) is 27.8. The normalized spacial score (nSPS) is 19.9. The quantitative estimate of drug-likeness (QED) is 0.429. The molecule has 2 aromatic heterocycles. The summed E-state index contributed by atoms with van der Waals surface area (Å²) in [6.45, 7) is 3.57. The number of fused-ring (bicyclic) bond motifs is 4. The first-order valence-corrected chi connectivity index (χ1v) is 13.3. The molecule has 2 bridgehead atoms. The Hall–Kier alpha value is -3.85. The number of Topliss-reactive ketones (excluding diaryl/α,β-unsaturated/α-hetero) is 1. The maximum absolute atomic E-state index is 15.1. The van der Waals surface area contributed by atoms with Crippen LogP contribution in [0, 0.1) is 11.7 Å². The molecule has 0 saturated carbocycles. The first-order valence-electron chi connectivity index (χ1n) is 13.0. The van der Waals surface area contributed by atoms with E-state index in [-0.39, 0.29) is 45.7 Å². The van der Waals surface area contributed by atoms with E-state index in [9.17, 15) is 14.4 Å². The van der Waals surface area contributed by atoms with Gasteiger partial charge in [-0.25, -0.2) is 4.39 Å². The second kappa shape index (κ2) is 10.7. The smallest absolute Gasteiger partial charge is 0.247 e. The highest BCUT2D eigenvalue weighted by molar-refractivity contribution is 6.31. The lowest BCUT2D eigenvalue weighted by Gasteiger charge is -2.35. The van der Waals surface area contributed by atoms with Gasteiger partial charge in [-0.05, 0) is 56.0 Å². The molecule has 1 unspecified atom stereocenters. The molecule has 0 fully saturated rings. The number of halogens is 2. The fraction of sp³-hybridized carbons (Fsp3) is 0.345. The van der Waals surface area contributed by atoms with Crippen molar-refractivity contribution in [3.05, 3.63) is 70.4 Å². The lowest BCUT2D eigenvalue weighted by Crippen LogP contribution is -2.38. The number of pyridine rings is 1. The van der Waals surface area contributed by atoms with Crippen LogP contribution in [0.15, 0.2) is 42.7 Å². The summed E-state index contributed by atoms with van der Waals surface area (Å²) in [5.74, 6) is -1.60. The van der Waals surface area contributed by atoms with Crippen LogP contribution in [0.25, 0.3) is 16.8 Å². The van der Waals surface area contributed by atoms with Crippen molar-refractivity contribution in [1.82, 2.24) is 19.7 Å². The number of benzene rings is 1. The Morgan fingerprint density at radius 1 is 1.21 bits per heavy atom. The third kappa shape index (κ3) is 5.11. The molecule has 8 nitrogen and oxygen atoms in total. The van der Waals surface area contributed by atoms with Gasteiger partial charge in [-0.3, -0.25) is 24.0 Å². The molecule has 1 N–H and O–H groups in total. The average molecular weight is 550 g/mol. The van der Waals surface area contributed by atoms with Crippen LogP contribution in [0.5, 0.6) is 0 Å². The highest BCUT2D eigenvalue weighted by Gasteiger charge is 2.32. The number of aryl methyl sites for hydroxylation is 1. The van der Waals surface area contributed by atoms with Crippen LogP contribution in [-0.2, 0) is 16.6 Å². The Morgan fingerprint density at radius 2 is 2.00 bits per heavy atom. The highest BCUT2D eigenvalue weighted by Crippen LogP contribution is 2.37. The van der Waals surface area contributed by atoms with E-state index in [1.54, 1.807) is 22.0 Å². The molecule has 39 heavy (non-hydrogen) atoms. The summed E-state index contributed by atoms with van der Waals surface area (Å²) >= 11 is 6.03. The number of ketones is 1. The molecule has 0 spiro atoms. The van der Waals surface area contributed by atoms with Crippen molar-refractivity contribution >= 4 is 40.5 Å². The van der Waals surface area contributed by atoms with E-state index in [0.29, 0.717) is 43.5 Å². The van der Waals surface area contributed by atoms with Crippen molar-refractivity contribution in [3.63, 3.8) is 0 Å². The van der Waals surface area contributed by atoms with E-state index in [0.717, 1.165) is 17.0 Å². The van der Waals surface area contributed by atoms with E-state index >= 15 is 4.39 Å². The van der Waals surface area contributed by atoms with Crippen molar-refractivity contribution in [3.8, 4) is 11.3 Å². The van der Waals surface area contributed by atoms with Crippen molar-refractivity contribution in [2.75, 3.05) is 11.9 Å². The monoisotopic (exact) mass is 549 g/mol. The number of amides is 2. The number of nitrogens with one attached hydrogen (secondary N) is 1. The molecular formula is C29H29ClFN5O3.